The lowest BCUT2D eigenvalue weighted by atomic mass is 10.1. The first-order chi connectivity index (χ1) is 19.2. The highest BCUT2D eigenvalue weighted by atomic mass is 16.6. The minimum absolute atomic E-state index is 0.126. The molecule has 0 N–H and O–H groups in total. The Labute approximate surface area is 229 Å². The number of hydrogen-bond acceptors (Lipinski definition) is 6. The molecule has 4 aromatic carbocycles. The van der Waals surface area contributed by atoms with Crippen molar-refractivity contribution in [1.82, 2.24) is 0 Å². The van der Waals surface area contributed by atoms with Gasteiger partial charge in [-0.05, 0) is 28.8 Å². The van der Waals surface area contributed by atoms with E-state index in [-0.39, 0.29) is 26.4 Å². The molecular weight excluding hydrogens is 492 g/mol. The van der Waals surface area contributed by atoms with Crippen LogP contribution in [0, 0.1) is 0 Å². The second-order valence-corrected chi connectivity index (χ2v) is 8.96. The van der Waals surface area contributed by atoms with Crippen LogP contribution in [0.25, 0.3) is 0 Å². The average Bonchev–Trinajstić information content (AvgIpc) is 3.01. The summed E-state index contributed by atoms with van der Waals surface area (Å²) in [5, 5.41) is 0. The summed E-state index contributed by atoms with van der Waals surface area (Å²) < 4.78 is 24.2. The van der Waals surface area contributed by atoms with Crippen molar-refractivity contribution < 1.29 is 28.5 Å². The molecule has 0 aliphatic heterocycles. The maximum Gasteiger partial charge on any atom is 0.338 e. The average molecular weight is 525 g/mol. The molecule has 0 heterocycles. The molecule has 4 aromatic rings. The Morgan fingerprint density at radius 2 is 1.03 bits per heavy atom. The summed E-state index contributed by atoms with van der Waals surface area (Å²) in [7, 11) is 0. The van der Waals surface area contributed by atoms with Gasteiger partial charge in [0.05, 0.1) is 25.4 Å². The smallest absolute Gasteiger partial charge is 0.338 e. The molecule has 0 radical (unpaired) electrons. The second-order valence-electron chi connectivity index (χ2n) is 8.96. The fourth-order valence-electron chi connectivity index (χ4n) is 3.99. The van der Waals surface area contributed by atoms with Crippen LogP contribution in [-0.2, 0) is 43.6 Å². The van der Waals surface area contributed by atoms with E-state index in [0.717, 1.165) is 23.0 Å². The van der Waals surface area contributed by atoms with Gasteiger partial charge in [-0.2, -0.15) is 0 Å². The van der Waals surface area contributed by atoms with Crippen molar-refractivity contribution in [3.05, 3.63) is 144 Å². The van der Waals surface area contributed by atoms with Crippen LogP contribution in [0.15, 0.2) is 121 Å². The van der Waals surface area contributed by atoms with Crippen molar-refractivity contribution in [3.63, 3.8) is 0 Å². The Balaban J connectivity index is 1.55. The van der Waals surface area contributed by atoms with Gasteiger partial charge in [0.25, 0.3) is 0 Å². The molecule has 3 atom stereocenters. The fraction of sp³-hybridized carbons (Fsp3) is 0.212. The van der Waals surface area contributed by atoms with Crippen LogP contribution >= 0.6 is 0 Å². The molecule has 0 amide bonds. The van der Waals surface area contributed by atoms with Crippen LogP contribution in [0.1, 0.15) is 27.0 Å². The first kappa shape index (κ1) is 27.9. The number of hydrogen-bond donors (Lipinski definition) is 0. The molecule has 6 nitrogen and oxygen atoms in total. The highest BCUT2D eigenvalue weighted by Gasteiger charge is 2.34. The lowest BCUT2D eigenvalue weighted by molar-refractivity contribution is -0.165. The van der Waals surface area contributed by atoms with Crippen LogP contribution in [0.3, 0.4) is 0 Å². The van der Waals surface area contributed by atoms with Crippen molar-refractivity contribution in [2.45, 2.75) is 38.1 Å². The summed E-state index contributed by atoms with van der Waals surface area (Å²) in [4.78, 5) is 25.1. The van der Waals surface area contributed by atoms with E-state index in [2.05, 4.69) is 0 Å². The van der Waals surface area contributed by atoms with E-state index < -0.39 is 24.3 Å². The van der Waals surface area contributed by atoms with Crippen LogP contribution < -0.4 is 0 Å². The third kappa shape index (κ3) is 9.00. The summed E-state index contributed by atoms with van der Waals surface area (Å²) in [6, 6.07) is 37.6. The summed E-state index contributed by atoms with van der Waals surface area (Å²) in [5.74, 6) is -0.487. The van der Waals surface area contributed by atoms with Crippen LogP contribution in [-0.4, -0.2) is 37.2 Å². The quantitative estimate of drug-likeness (QED) is 0.145. The van der Waals surface area contributed by atoms with Crippen molar-refractivity contribution in [2.24, 2.45) is 0 Å². The molecule has 4 rings (SSSR count). The Hall–Kier alpha value is -4.10. The molecule has 0 fully saturated rings. The maximum atomic E-state index is 12.8. The standard InChI is InChI=1S/C33H32O6/c34-21-30(36-22-26-13-5-1-6-14-26)32(38-24-28-17-9-3-10-18-28)31(37-23-27-15-7-2-8-16-27)25-39-33(35)29-19-11-4-12-20-29/h1-21,30-32H,22-25H2/t30-,31-,32-/m0/s1. The van der Waals surface area contributed by atoms with Gasteiger partial charge >= 0.3 is 5.97 Å². The third-order valence-electron chi connectivity index (χ3n) is 6.09. The van der Waals surface area contributed by atoms with Gasteiger partial charge in [0, 0.05) is 0 Å². The fourth-order valence-corrected chi connectivity index (χ4v) is 3.99. The van der Waals surface area contributed by atoms with Crippen LogP contribution in [0.2, 0.25) is 0 Å². The van der Waals surface area contributed by atoms with Crippen molar-refractivity contribution in [3.8, 4) is 0 Å². The largest absolute Gasteiger partial charge is 0.459 e. The number of esters is 1. The topological polar surface area (TPSA) is 71.1 Å². The van der Waals surface area contributed by atoms with Gasteiger partial charge in [-0.25, -0.2) is 4.79 Å². The molecule has 0 aromatic heterocycles. The van der Waals surface area contributed by atoms with Crippen molar-refractivity contribution in [2.75, 3.05) is 6.61 Å². The van der Waals surface area contributed by atoms with Crippen LogP contribution in [0.4, 0.5) is 0 Å². The highest BCUT2D eigenvalue weighted by molar-refractivity contribution is 5.89. The molecule has 0 bridgehead atoms. The molecule has 0 aliphatic rings. The minimum Gasteiger partial charge on any atom is -0.459 e. The molecular formula is C33H32O6. The first-order valence-electron chi connectivity index (χ1n) is 12.9. The zero-order valence-corrected chi connectivity index (χ0v) is 21.6. The summed E-state index contributed by atoms with van der Waals surface area (Å²) in [6.07, 6.45) is -1.88. The highest BCUT2D eigenvalue weighted by Crippen LogP contribution is 2.19. The van der Waals surface area contributed by atoms with Gasteiger partial charge in [0.15, 0.2) is 6.29 Å². The van der Waals surface area contributed by atoms with Gasteiger partial charge in [-0.3, -0.25) is 0 Å². The van der Waals surface area contributed by atoms with E-state index in [1.165, 1.54) is 0 Å². The summed E-state index contributed by atoms with van der Waals surface area (Å²) in [5.41, 5.74) is 3.21. The zero-order chi connectivity index (χ0) is 27.1. The van der Waals surface area contributed by atoms with Gasteiger partial charge in [0.1, 0.15) is 24.9 Å². The predicted molar refractivity (Wildman–Crippen MR) is 148 cm³/mol. The number of ether oxygens (including phenoxy) is 4. The number of benzene rings is 4. The first-order valence-corrected chi connectivity index (χ1v) is 12.9. The lowest BCUT2D eigenvalue weighted by Crippen LogP contribution is -2.46. The monoisotopic (exact) mass is 524 g/mol. The van der Waals surface area contributed by atoms with Gasteiger partial charge in [-0.1, -0.05) is 109 Å². The molecule has 0 spiro atoms. The molecule has 39 heavy (non-hydrogen) atoms. The summed E-state index contributed by atoms with van der Waals surface area (Å²) >= 11 is 0. The number of rotatable bonds is 15. The van der Waals surface area contributed by atoms with Gasteiger partial charge in [0.2, 0.25) is 0 Å². The number of carbonyl (C=O) groups is 2. The minimum atomic E-state index is -0.967. The summed E-state index contributed by atoms with van der Waals surface area (Å²) in [6.45, 7) is 0.552. The normalized spacial score (nSPS) is 13.2. The zero-order valence-electron chi connectivity index (χ0n) is 21.6. The molecule has 200 valence electrons. The Bertz CT molecular complexity index is 1250. The Morgan fingerprint density at radius 3 is 1.51 bits per heavy atom. The lowest BCUT2D eigenvalue weighted by Gasteiger charge is -2.31. The molecule has 6 heteroatoms. The van der Waals surface area contributed by atoms with E-state index in [1.807, 2.05) is 97.1 Å². The molecule has 0 saturated carbocycles. The van der Waals surface area contributed by atoms with E-state index in [4.69, 9.17) is 18.9 Å². The Morgan fingerprint density at radius 1 is 0.590 bits per heavy atom. The second kappa shape index (κ2) is 15.3. The number of aldehydes is 1. The van der Waals surface area contributed by atoms with Crippen LogP contribution in [0.5, 0.6) is 0 Å². The Kier molecular flexibility index (Phi) is 11.0. The van der Waals surface area contributed by atoms with Crippen molar-refractivity contribution in [1.29, 1.82) is 0 Å². The molecule has 0 saturated heterocycles. The van der Waals surface area contributed by atoms with E-state index in [0.29, 0.717) is 5.56 Å². The predicted octanol–water partition coefficient (Wildman–Crippen LogP) is 5.80. The number of carbonyl (C=O) groups excluding carboxylic acids is 2. The maximum absolute atomic E-state index is 12.8. The molecule has 0 aliphatic carbocycles. The third-order valence-corrected chi connectivity index (χ3v) is 6.09. The molecule has 0 unspecified atom stereocenters. The van der Waals surface area contributed by atoms with E-state index in [1.54, 1.807) is 24.3 Å². The van der Waals surface area contributed by atoms with Gasteiger partial charge in [-0.15, -0.1) is 0 Å². The van der Waals surface area contributed by atoms with Crippen molar-refractivity contribution >= 4 is 12.3 Å². The van der Waals surface area contributed by atoms with Gasteiger partial charge < -0.3 is 23.7 Å². The SMILES string of the molecule is O=C[C@H](OCc1ccccc1)[C@H](OCc1ccccc1)[C@H](COC(=O)c1ccccc1)OCc1ccccc1. The van der Waals surface area contributed by atoms with E-state index in [9.17, 15) is 9.59 Å². The van der Waals surface area contributed by atoms with E-state index >= 15 is 0 Å².